The van der Waals surface area contributed by atoms with E-state index in [9.17, 15) is 13.6 Å². The molecule has 1 saturated heterocycles. The second-order valence-corrected chi connectivity index (χ2v) is 4.75. The van der Waals surface area contributed by atoms with Crippen LogP contribution in [0.2, 0.25) is 0 Å². The Labute approximate surface area is 105 Å². The van der Waals surface area contributed by atoms with Crippen LogP contribution in [0.4, 0.5) is 19.3 Å². The average Bonchev–Trinajstić information content (AvgIpc) is 2.32. The Kier molecular flexibility index (Phi) is 3.79. The Balaban J connectivity index is 2.02. The summed E-state index contributed by atoms with van der Waals surface area (Å²) < 4.78 is 26.1. The Morgan fingerprint density at radius 1 is 1.44 bits per heavy atom. The molecule has 98 valence electrons. The molecule has 0 bridgehead atoms. The van der Waals surface area contributed by atoms with Gasteiger partial charge in [-0.05, 0) is 30.9 Å². The molecular weight excluding hydrogens is 238 g/mol. The second kappa shape index (κ2) is 5.33. The van der Waals surface area contributed by atoms with E-state index >= 15 is 0 Å². The summed E-state index contributed by atoms with van der Waals surface area (Å²) in [5.41, 5.74) is 0.0135. The van der Waals surface area contributed by atoms with Gasteiger partial charge in [0.2, 0.25) is 0 Å². The molecule has 5 heteroatoms. The van der Waals surface area contributed by atoms with E-state index in [0.717, 1.165) is 25.0 Å². The topological polar surface area (TPSA) is 32.3 Å². The van der Waals surface area contributed by atoms with Crippen molar-refractivity contribution in [2.75, 3.05) is 18.4 Å². The maximum Gasteiger partial charge on any atom is 0.321 e. The van der Waals surface area contributed by atoms with Gasteiger partial charge in [-0.2, -0.15) is 0 Å². The van der Waals surface area contributed by atoms with Gasteiger partial charge in [-0.15, -0.1) is 0 Å². The third-order valence-corrected chi connectivity index (χ3v) is 3.12. The fourth-order valence-electron chi connectivity index (χ4n) is 2.16. The molecule has 3 nitrogen and oxygen atoms in total. The lowest BCUT2D eigenvalue weighted by Crippen LogP contribution is -2.41. The Morgan fingerprint density at radius 3 is 2.89 bits per heavy atom. The lowest BCUT2D eigenvalue weighted by Gasteiger charge is -2.30. The van der Waals surface area contributed by atoms with E-state index < -0.39 is 11.6 Å². The number of hydrogen-bond donors (Lipinski definition) is 1. The second-order valence-electron chi connectivity index (χ2n) is 4.75. The summed E-state index contributed by atoms with van der Waals surface area (Å²) in [5.74, 6) is -0.951. The number of halogens is 2. The Morgan fingerprint density at radius 2 is 2.22 bits per heavy atom. The van der Waals surface area contributed by atoms with E-state index in [1.807, 2.05) is 0 Å². The summed E-state index contributed by atoms with van der Waals surface area (Å²) in [5, 5.41) is 2.47. The number of benzene rings is 1. The minimum atomic E-state index is -0.756. The van der Waals surface area contributed by atoms with Gasteiger partial charge in [-0.3, -0.25) is 0 Å². The van der Waals surface area contributed by atoms with Gasteiger partial charge in [0.25, 0.3) is 0 Å². The number of rotatable bonds is 1. The number of nitrogens with one attached hydrogen (secondary N) is 1. The van der Waals surface area contributed by atoms with Crippen molar-refractivity contribution in [2.45, 2.75) is 19.8 Å². The molecule has 1 aromatic carbocycles. The monoisotopic (exact) mass is 254 g/mol. The molecule has 1 aliphatic heterocycles. The average molecular weight is 254 g/mol. The van der Waals surface area contributed by atoms with Crippen molar-refractivity contribution >= 4 is 11.7 Å². The molecule has 1 N–H and O–H groups in total. The van der Waals surface area contributed by atoms with Gasteiger partial charge >= 0.3 is 6.03 Å². The number of hydrogen-bond acceptors (Lipinski definition) is 1. The molecule has 1 atom stereocenters. The lowest BCUT2D eigenvalue weighted by atomic mass is 10.0. The number of nitrogens with zero attached hydrogens (tertiary/aromatic N) is 1. The molecule has 0 spiro atoms. The van der Waals surface area contributed by atoms with Crippen LogP contribution < -0.4 is 5.32 Å². The number of likely N-dealkylation sites (tertiary alicyclic amines) is 1. The Bertz CT molecular complexity index is 451. The van der Waals surface area contributed by atoms with Crippen molar-refractivity contribution in [1.82, 2.24) is 4.90 Å². The number of carbonyl (C=O) groups excluding carboxylic acids is 1. The molecule has 2 amide bonds. The maximum atomic E-state index is 13.4. The summed E-state index contributed by atoms with van der Waals surface area (Å²) in [7, 11) is 0. The van der Waals surface area contributed by atoms with Crippen LogP contribution in [0, 0.1) is 17.6 Å². The van der Waals surface area contributed by atoms with Crippen LogP contribution in [0.5, 0.6) is 0 Å². The fraction of sp³-hybridized carbons (Fsp3) is 0.462. The molecule has 0 radical (unpaired) electrons. The zero-order chi connectivity index (χ0) is 13.1. The predicted molar refractivity (Wildman–Crippen MR) is 65.3 cm³/mol. The first-order valence-electron chi connectivity index (χ1n) is 6.07. The smallest absolute Gasteiger partial charge is 0.321 e. The minimum absolute atomic E-state index is 0.0135. The number of urea groups is 1. The van der Waals surface area contributed by atoms with Gasteiger partial charge in [-0.1, -0.05) is 6.92 Å². The standard InChI is InChI=1S/C13H16F2N2O/c1-9-3-2-6-17(8-9)13(18)16-12-5-4-10(14)7-11(12)15/h4-5,7,9H,2-3,6,8H2,1H3,(H,16,18). The molecule has 1 heterocycles. The Hall–Kier alpha value is -1.65. The van der Waals surface area contributed by atoms with Crippen LogP contribution in [0.15, 0.2) is 18.2 Å². The fourth-order valence-corrected chi connectivity index (χ4v) is 2.16. The molecule has 1 aromatic rings. The summed E-state index contributed by atoms with van der Waals surface area (Å²) in [6.45, 7) is 3.44. The van der Waals surface area contributed by atoms with E-state index in [1.165, 1.54) is 6.07 Å². The summed E-state index contributed by atoms with van der Waals surface area (Å²) in [4.78, 5) is 13.6. The van der Waals surface area contributed by atoms with E-state index in [1.54, 1.807) is 4.90 Å². The van der Waals surface area contributed by atoms with Crippen molar-refractivity contribution < 1.29 is 13.6 Å². The summed E-state index contributed by atoms with van der Waals surface area (Å²) >= 11 is 0. The largest absolute Gasteiger partial charge is 0.324 e. The molecule has 1 fully saturated rings. The maximum absolute atomic E-state index is 13.4. The van der Waals surface area contributed by atoms with E-state index in [4.69, 9.17) is 0 Å². The van der Waals surface area contributed by atoms with Crippen LogP contribution in [-0.4, -0.2) is 24.0 Å². The summed E-state index contributed by atoms with van der Waals surface area (Å²) in [6.07, 6.45) is 2.06. The van der Waals surface area contributed by atoms with Crippen LogP contribution in [0.3, 0.4) is 0 Å². The zero-order valence-electron chi connectivity index (χ0n) is 10.2. The third-order valence-electron chi connectivity index (χ3n) is 3.12. The van der Waals surface area contributed by atoms with Crippen molar-refractivity contribution in [3.8, 4) is 0 Å². The normalized spacial score (nSPS) is 19.7. The number of amides is 2. The van der Waals surface area contributed by atoms with Crippen LogP contribution >= 0.6 is 0 Å². The number of piperidine rings is 1. The minimum Gasteiger partial charge on any atom is -0.324 e. The van der Waals surface area contributed by atoms with Gasteiger partial charge in [0, 0.05) is 19.2 Å². The highest BCUT2D eigenvalue weighted by Crippen LogP contribution is 2.19. The molecule has 1 aliphatic rings. The van der Waals surface area contributed by atoms with E-state index in [0.29, 0.717) is 19.0 Å². The summed E-state index contributed by atoms with van der Waals surface area (Å²) in [6, 6.07) is 2.79. The van der Waals surface area contributed by atoms with Crippen LogP contribution in [0.1, 0.15) is 19.8 Å². The zero-order valence-corrected chi connectivity index (χ0v) is 10.2. The molecular formula is C13H16F2N2O. The lowest BCUT2D eigenvalue weighted by molar-refractivity contribution is 0.182. The van der Waals surface area contributed by atoms with E-state index in [-0.39, 0.29) is 11.7 Å². The van der Waals surface area contributed by atoms with Gasteiger partial charge in [-0.25, -0.2) is 13.6 Å². The van der Waals surface area contributed by atoms with Gasteiger partial charge in [0.05, 0.1) is 5.69 Å². The van der Waals surface area contributed by atoms with Crippen LogP contribution in [0.25, 0.3) is 0 Å². The number of carbonyl (C=O) groups is 1. The van der Waals surface area contributed by atoms with Crippen molar-refractivity contribution in [3.05, 3.63) is 29.8 Å². The van der Waals surface area contributed by atoms with Gasteiger partial charge in [0.15, 0.2) is 0 Å². The SMILES string of the molecule is CC1CCCN(C(=O)Nc2ccc(F)cc2F)C1. The first-order chi connectivity index (χ1) is 8.56. The first kappa shape index (κ1) is 12.8. The molecule has 0 saturated carbocycles. The first-order valence-corrected chi connectivity index (χ1v) is 6.07. The van der Waals surface area contributed by atoms with E-state index in [2.05, 4.69) is 12.2 Å². The van der Waals surface area contributed by atoms with Crippen molar-refractivity contribution in [3.63, 3.8) is 0 Å². The quantitative estimate of drug-likeness (QED) is 0.820. The molecule has 0 aliphatic carbocycles. The highest BCUT2D eigenvalue weighted by molar-refractivity contribution is 5.89. The van der Waals surface area contributed by atoms with Gasteiger partial charge in [0.1, 0.15) is 11.6 Å². The highest BCUT2D eigenvalue weighted by atomic mass is 19.1. The highest BCUT2D eigenvalue weighted by Gasteiger charge is 2.21. The third kappa shape index (κ3) is 2.97. The molecule has 18 heavy (non-hydrogen) atoms. The molecule has 0 aromatic heterocycles. The molecule has 1 unspecified atom stereocenters. The predicted octanol–water partition coefficient (Wildman–Crippen LogP) is 3.23. The van der Waals surface area contributed by atoms with Crippen molar-refractivity contribution in [1.29, 1.82) is 0 Å². The number of anilines is 1. The van der Waals surface area contributed by atoms with Crippen LogP contribution in [-0.2, 0) is 0 Å². The van der Waals surface area contributed by atoms with Crippen molar-refractivity contribution in [2.24, 2.45) is 5.92 Å². The molecule has 2 rings (SSSR count). The van der Waals surface area contributed by atoms with Gasteiger partial charge < -0.3 is 10.2 Å².